The lowest BCUT2D eigenvalue weighted by Crippen LogP contribution is -2.28. The van der Waals surface area contributed by atoms with Crippen molar-refractivity contribution < 1.29 is 4.79 Å². The van der Waals surface area contributed by atoms with Gasteiger partial charge in [0, 0.05) is 6.08 Å². The molecule has 0 aliphatic rings. The maximum atomic E-state index is 10.3. The number of amides is 1. The topological polar surface area (TPSA) is 55.1 Å². The SMILES string of the molecule is CC(C)=CC(=O)NN.Cl. The zero-order valence-corrected chi connectivity index (χ0v) is 6.29. The van der Waals surface area contributed by atoms with Crippen molar-refractivity contribution >= 4 is 18.3 Å². The van der Waals surface area contributed by atoms with E-state index in [0.29, 0.717) is 0 Å². The Morgan fingerprint density at radius 3 is 2.11 bits per heavy atom. The van der Waals surface area contributed by atoms with Crippen LogP contribution in [0.2, 0.25) is 0 Å². The molecule has 0 bridgehead atoms. The van der Waals surface area contributed by atoms with Gasteiger partial charge in [0.05, 0.1) is 0 Å². The smallest absolute Gasteiger partial charge is 0.257 e. The highest BCUT2D eigenvalue weighted by molar-refractivity contribution is 5.87. The summed E-state index contributed by atoms with van der Waals surface area (Å²) in [5.41, 5.74) is 2.92. The molecule has 0 aliphatic heterocycles. The van der Waals surface area contributed by atoms with Crippen LogP contribution >= 0.6 is 12.4 Å². The van der Waals surface area contributed by atoms with Crippen LogP contribution in [-0.4, -0.2) is 5.91 Å². The molecule has 0 rings (SSSR count). The molecular formula is C5H11ClN2O. The summed E-state index contributed by atoms with van der Waals surface area (Å²) in [5, 5.41) is 0. The Morgan fingerprint density at radius 1 is 1.56 bits per heavy atom. The Labute approximate surface area is 60.7 Å². The third-order valence-corrected chi connectivity index (χ3v) is 0.562. The summed E-state index contributed by atoms with van der Waals surface area (Å²) in [5.74, 6) is 4.52. The zero-order valence-electron chi connectivity index (χ0n) is 5.47. The van der Waals surface area contributed by atoms with E-state index in [1.54, 1.807) is 0 Å². The van der Waals surface area contributed by atoms with Crippen molar-refractivity contribution in [3.8, 4) is 0 Å². The highest BCUT2D eigenvalue weighted by Gasteiger charge is 1.87. The summed E-state index contributed by atoms with van der Waals surface area (Å²) in [6, 6.07) is 0. The molecule has 0 aromatic rings. The van der Waals surface area contributed by atoms with Gasteiger partial charge >= 0.3 is 0 Å². The summed E-state index contributed by atoms with van der Waals surface area (Å²) in [4.78, 5) is 10.3. The monoisotopic (exact) mass is 150 g/mol. The number of hydrazine groups is 1. The largest absolute Gasteiger partial charge is 0.291 e. The molecule has 0 aromatic heterocycles. The quantitative estimate of drug-likeness (QED) is 0.246. The Bertz CT molecular complexity index is 118. The van der Waals surface area contributed by atoms with E-state index >= 15 is 0 Å². The van der Waals surface area contributed by atoms with Crippen LogP contribution in [-0.2, 0) is 4.79 Å². The van der Waals surface area contributed by atoms with Gasteiger partial charge in [-0.1, -0.05) is 5.57 Å². The van der Waals surface area contributed by atoms with Crippen LogP contribution in [0.5, 0.6) is 0 Å². The first kappa shape index (κ1) is 11.3. The summed E-state index contributed by atoms with van der Waals surface area (Å²) < 4.78 is 0. The second-order valence-corrected chi connectivity index (χ2v) is 1.73. The van der Waals surface area contributed by atoms with Crippen LogP contribution < -0.4 is 11.3 Å². The van der Waals surface area contributed by atoms with Crippen molar-refractivity contribution in [2.75, 3.05) is 0 Å². The summed E-state index contributed by atoms with van der Waals surface area (Å²) in [7, 11) is 0. The lowest BCUT2D eigenvalue weighted by Gasteiger charge is -1.89. The minimum Gasteiger partial charge on any atom is -0.291 e. The van der Waals surface area contributed by atoms with Gasteiger partial charge in [-0.05, 0) is 13.8 Å². The van der Waals surface area contributed by atoms with Crippen LogP contribution in [0.25, 0.3) is 0 Å². The number of halogens is 1. The fraction of sp³-hybridized carbons (Fsp3) is 0.400. The van der Waals surface area contributed by atoms with Gasteiger partial charge in [0.25, 0.3) is 5.91 Å². The summed E-state index contributed by atoms with van der Waals surface area (Å²) in [6.45, 7) is 3.66. The average molecular weight is 151 g/mol. The van der Waals surface area contributed by atoms with E-state index in [1.807, 2.05) is 19.3 Å². The third-order valence-electron chi connectivity index (χ3n) is 0.562. The van der Waals surface area contributed by atoms with Gasteiger partial charge in [-0.2, -0.15) is 0 Å². The van der Waals surface area contributed by atoms with Crippen molar-refractivity contribution in [2.24, 2.45) is 5.84 Å². The highest BCUT2D eigenvalue weighted by atomic mass is 35.5. The van der Waals surface area contributed by atoms with E-state index in [0.717, 1.165) is 5.57 Å². The molecule has 0 unspecified atom stereocenters. The molecular weight excluding hydrogens is 140 g/mol. The van der Waals surface area contributed by atoms with E-state index in [2.05, 4.69) is 0 Å². The Morgan fingerprint density at radius 2 is 2.00 bits per heavy atom. The van der Waals surface area contributed by atoms with Crippen LogP contribution in [0.15, 0.2) is 11.6 Å². The van der Waals surface area contributed by atoms with Gasteiger partial charge < -0.3 is 0 Å². The lowest BCUT2D eigenvalue weighted by atomic mass is 10.3. The minimum atomic E-state index is -0.259. The number of hydrogen-bond acceptors (Lipinski definition) is 2. The van der Waals surface area contributed by atoms with Gasteiger partial charge in [-0.3, -0.25) is 10.2 Å². The number of allylic oxidation sites excluding steroid dienone is 1. The zero-order chi connectivity index (χ0) is 6.57. The van der Waals surface area contributed by atoms with Gasteiger partial charge in [0.2, 0.25) is 0 Å². The Kier molecular flexibility index (Phi) is 7.01. The van der Waals surface area contributed by atoms with E-state index in [4.69, 9.17) is 5.84 Å². The molecule has 1 amide bonds. The number of hydrogen-bond donors (Lipinski definition) is 2. The van der Waals surface area contributed by atoms with Gasteiger partial charge in [-0.25, -0.2) is 5.84 Å². The van der Waals surface area contributed by atoms with Crippen LogP contribution in [0.3, 0.4) is 0 Å². The molecule has 0 aliphatic carbocycles. The number of carbonyl (C=O) groups excluding carboxylic acids is 1. The fourth-order valence-corrected chi connectivity index (χ4v) is 0.304. The number of carbonyl (C=O) groups is 1. The summed E-state index contributed by atoms with van der Waals surface area (Å²) >= 11 is 0. The van der Waals surface area contributed by atoms with Crippen LogP contribution in [0.4, 0.5) is 0 Å². The van der Waals surface area contributed by atoms with E-state index in [1.165, 1.54) is 6.08 Å². The first-order valence-electron chi connectivity index (χ1n) is 2.32. The molecule has 0 fully saturated rings. The highest BCUT2D eigenvalue weighted by Crippen LogP contribution is 1.85. The van der Waals surface area contributed by atoms with Gasteiger partial charge in [0.1, 0.15) is 0 Å². The normalized spacial score (nSPS) is 7.00. The van der Waals surface area contributed by atoms with E-state index < -0.39 is 0 Å². The molecule has 0 aromatic carbocycles. The number of nitrogens with one attached hydrogen (secondary N) is 1. The van der Waals surface area contributed by atoms with Crippen molar-refractivity contribution in [2.45, 2.75) is 13.8 Å². The maximum absolute atomic E-state index is 10.3. The van der Waals surface area contributed by atoms with Crippen molar-refractivity contribution in [1.82, 2.24) is 5.43 Å². The molecule has 3 nitrogen and oxygen atoms in total. The number of rotatable bonds is 1. The molecule has 0 spiro atoms. The van der Waals surface area contributed by atoms with E-state index in [9.17, 15) is 4.79 Å². The second kappa shape index (κ2) is 5.59. The molecule has 4 heteroatoms. The fourth-order valence-electron chi connectivity index (χ4n) is 0.304. The van der Waals surface area contributed by atoms with Gasteiger partial charge in [0.15, 0.2) is 0 Å². The molecule has 0 heterocycles. The molecule has 9 heavy (non-hydrogen) atoms. The lowest BCUT2D eigenvalue weighted by molar-refractivity contribution is -0.116. The third kappa shape index (κ3) is 7.46. The van der Waals surface area contributed by atoms with Crippen molar-refractivity contribution in [1.29, 1.82) is 0 Å². The maximum Gasteiger partial charge on any atom is 0.257 e. The Balaban J connectivity index is 0. The first-order valence-corrected chi connectivity index (χ1v) is 2.32. The van der Waals surface area contributed by atoms with Crippen molar-refractivity contribution in [3.05, 3.63) is 11.6 Å². The molecule has 54 valence electrons. The molecule has 0 saturated heterocycles. The Hall–Kier alpha value is -0.540. The molecule has 0 saturated carbocycles. The standard InChI is InChI=1S/C5H10N2O.ClH/c1-4(2)3-5(8)7-6;/h3H,6H2,1-2H3,(H,7,8);1H. The molecule has 0 atom stereocenters. The predicted molar refractivity (Wildman–Crippen MR) is 39.0 cm³/mol. The minimum absolute atomic E-state index is 0. The van der Waals surface area contributed by atoms with Crippen LogP contribution in [0.1, 0.15) is 13.8 Å². The van der Waals surface area contributed by atoms with E-state index in [-0.39, 0.29) is 18.3 Å². The summed E-state index contributed by atoms with van der Waals surface area (Å²) in [6.07, 6.45) is 1.43. The molecule has 0 radical (unpaired) electrons. The van der Waals surface area contributed by atoms with Crippen LogP contribution in [0, 0.1) is 0 Å². The molecule has 3 N–H and O–H groups in total. The van der Waals surface area contributed by atoms with Gasteiger partial charge in [-0.15, -0.1) is 12.4 Å². The predicted octanol–water partition coefficient (Wildman–Crippen LogP) is 0.364. The average Bonchev–Trinajstić information content (AvgIpc) is 1.65. The van der Waals surface area contributed by atoms with Crippen molar-refractivity contribution in [3.63, 3.8) is 0 Å². The first-order chi connectivity index (χ1) is 3.66. The second-order valence-electron chi connectivity index (χ2n) is 1.73. The number of nitrogens with two attached hydrogens (primary N) is 1.